The van der Waals surface area contributed by atoms with E-state index in [9.17, 15) is 9.59 Å². The van der Waals surface area contributed by atoms with Gasteiger partial charge in [-0.05, 0) is 39.2 Å². The molecule has 0 bridgehead atoms. The highest BCUT2D eigenvalue weighted by Gasteiger charge is 2.27. The first kappa shape index (κ1) is 18.0. The van der Waals surface area contributed by atoms with Crippen molar-refractivity contribution in [1.29, 1.82) is 0 Å². The van der Waals surface area contributed by atoms with Crippen LogP contribution >= 0.6 is 0 Å². The van der Waals surface area contributed by atoms with Gasteiger partial charge in [0.2, 0.25) is 11.8 Å². The third kappa shape index (κ3) is 6.93. The van der Waals surface area contributed by atoms with E-state index in [1.807, 2.05) is 6.92 Å². The van der Waals surface area contributed by atoms with Crippen LogP contribution in [0.5, 0.6) is 0 Å². The zero-order valence-corrected chi connectivity index (χ0v) is 13.8. The van der Waals surface area contributed by atoms with Gasteiger partial charge >= 0.3 is 0 Å². The standard InChI is InChI=1S/C16H31N3O2/c1-4-7-13(3)18-16(21)14-8-6-10-19(11-14)12-15(20)17-9-5-2/h13-14H,4-12H2,1-3H3,(H,17,20)(H,18,21). The number of carbonyl (C=O) groups excluding carboxylic acids is 2. The Balaban J connectivity index is 2.37. The van der Waals surface area contributed by atoms with Crippen LogP contribution in [0.2, 0.25) is 0 Å². The molecule has 0 aromatic rings. The van der Waals surface area contributed by atoms with Crippen molar-refractivity contribution in [2.75, 3.05) is 26.2 Å². The first-order valence-corrected chi connectivity index (χ1v) is 8.36. The lowest BCUT2D eigenvalue weighted by atomic mass is 9.96. The fourth-order valence-corrected chi connectivity index (χ4v) is 2.80. The molecule has 21 heavy (non-hydrogen) atoms. The lowest BCUT2D eigenvalue weighted by Gasteiger charge is -2.32. The third-order valence-corrected chi connectivity index (χ3v) is 3.93. The van der Waals surface area contributed by atoms with Crippen molar-refractivity contribution in [3.63, 3.8) is 0 Å². The molecule has 0 aliphatic carbocycles. The van der Waals surface area contributed by atoms with Gasteiger partial charge in [0.05, 0.1) is 12.5 Å². The van der Waals surface area contributed by atoms with Crippen LogP contribution in [-0.2, 0) is 9.59 Å². The van der Waals surface area contributed by atoms with E-state index < -0.39 is 0 Å². The number of carbonyl (C=O) groups is 2. The number of likely N-dealkylation sites (tertiary alicyclic amines) is 1. The summed E-state index contributed by atoms with van der Waals surface area (Å²) < 4.78 is 0. The van der Waals surface area contributed by atoms with Crippen molar-refractivity contribution in [2.24, 2.45) is 5.92 Å². The maximum Gasteiger partial charge on any atom is 0.234 e. The monoisotopic (exact) mass is 297 g/mol. The van der Waals surface area contributed by atoms with Gasteiger partial charge < -0.3 is 10.6 Å². The normalized spacial score (nSPS) is 20.8. The lowest BCUT2D eigenvalue weighted by Crippen LogP contribution is -2.47. The SMILES string of the molecule is CCCNC(=O)CN1CCCC(C(=O)NC(C)CCC)C1. The summed E-state index contributed by atoms with van der Waals surface area (Å²) in [7, 11) is 0. The van der Waals surface area contributed by atoms with Crippen molar-refractivity contribution in [3.05, 3.63) is 0 Å². The highest BCUT2D eigenvalue weighted by molar-refractivity contribution is 5.80. The molecule has 2 N–H and O–H groups in total. The first-order valence-electron chi connectivity index (χ1n) is 8.36. The molecule has 1 rings (SSSR count). The molecule has 0 spiro atoms. The Bertz CT molecular complexity index is 333. The Morgan fingerprint density at radius 2 is 2.05 bits per heavy atom. The molecule has 1 saturated heterocycles. The van der Waals surface area contributed by atoms with E-state index in [1.54, 1.807) is 0 Å². The molecule has 1 aliphatic rings. The van der Waals surface area contributed by atoms with Crippen LogP contribution in [0, 0.1) is 5.92 Å². The predicted molar refractivity (Wildman–Crippen MR) is 85.0 cm³/mol. The molecule has 122 valence electrons. The zero-order chi connectivity index (χ0) is 15.7. The minimum Gasteiger partial charge on any atom is -0.355 e. The van der Waals surface area contributed by atoms with Crippen LogP contribution < -0.4 is 10.6 Å². The zero-order valence-electron chi connectivity index (χ0n) is 13.8. The molecule has 0 radical (unpaired) electrons. The van der Waals surface area contributed by atoms with E-state index in [-0.39, 0.29) is 23.8 Å². The first-order chi connectivity index (χ1) is 10.1. The molecule has 2 atom stereocenters. The fourth-order valence-electron chi connectivity index (χ4n) is 2.80. The molecule has 1 fully saturated rings. The molecule has 5 heteroatoms. The minimum absolute atomic E-state index is 0.0250. The van der Waals surface area contributed by atoms with Gasteiger partial charge in [-0.2, -0.15) is 0 Å². The molecule has 1 aliphatic heterocycles. The molecule has 5 nitrogen and oxygen atoms in total. The largest absolute Gasteiger partial charge is 0.355 e. The van der Waals surface area contributed by atoms with Crippen LogP contribution in [0.4, 0.5) is 0 Å². The Kier molecular flexibility index (Phi) is 8.35. The summed E-state index contributed by atoms with van der Waals surface area (Å²) in [5.41, 5.74) is 0. The van der Waals surface area contributed by atoms with Crippen molar-refractivity contribution < 1.29 is 9.59 Å². The number of hydrogen-bond donors (Lipinski definition) is 2. The highest BCUT2D eigenvalue weighted by Crippen LogP contribution is 2.16. The van der Waals surface area contributed by atoms with Gasteiger partial charge in [0.15, 0.2) is 0 Å². The van der Waals surface area contributed by atoms with E-state index in [4.69, 9.17) is 0 Å². The second kappa shape index (κ2) is 9.77. The quantitative estimate of drug-likeness (QED) is 0.714. The number of rotatable bonds is 8. The topological polar surface area (TPSA) is 61.4 Å². The second-order valence-corrected chi connectivity index (χ2v) is 6.12. The summed E-state index contributed by atoms with van der Waals surface area (Å²) in [6.45, 7) is 8.97. The smallest absolute Gasteiger partial charge is 0.234 e. The van der Waals surface area contributed by atoms with Crippen LogP contribution in [0.25, 0.3) is 0 Å². The van der Waals surface area contributed by atoms with Crippen molar-refractivity contribution in [3.8, 4) is 0 Å². The van der Waals surface area contributed by atoms with Gasteiger partial charge in [-0.25, -0.2) is 0 Å². The highest BCUT2D eigenvalue weighted by atomic mass is 16.2. The van der Waals surface area contributed by atoms with Crippen LogP contribution in [-0.4, -0.2) is 48.9 Å². The lowest BCUT2D eigenvalue weighted by molar-refractivity contribution is -0.129. The number of nitrogens with one attached hydrogen (secondary N) is 2. The average molecular weight is 297 g/mol. The maximum absolute atomic E-state index is 12.2. The van der Waals surface area contributed by atoms with E-state index in [1.165, 1.54) is 0 Å². The number of amides is 2. The van der Waals surface area contributed by atoms with Crippen LogP contribution in [0.3, 0.4) is 0 Å². The molecule has 2 amide bonds. The fraction of sp³-hybridized carbons (Fsp3) is 0.875. The van der Waals surface area contributed by atoms with Gasteiger partial charge in [-0.1, -0.05) is 20.3 Å². The number of nitrogens with zero attached hydrogens (tertiary/aromatic N) is 1. The summed E-state index contributed by atoms with van der Waals surface area (Å²) >= 11 is 0. The Morgan fingerprint density at radius 3 is 2.71 bits per heavy atom. The summed E-state index contributed by atoms with van der Waals surface area (Å²) in [6, 6.07) is 0.241. The molecular formula is C16H31N3O2. The van der Waals surface area contributed by atoms with E-state index >= 15 is 0 Å². The summed E-state index contributed by atoms with van der Waals surface area (Å²) in [6.07, 6.45) is 4.96. The average Bonchev–Trinajstić information content (AvgIpc) is 2.45. The third-order valence-electron chi connectivity index (χ3n) is 3.93. The molecule has 0 aromatic carbocycles. The van der Waals surface area contributed by atoms with Crippen molar-refractivity contribution in [1.82, 2.24) is 15.5 Å². The maximum atomic E-state index is 12.2. The van der Waals surface area contributed by atoms with E-state index in [2.05, 4.69) is 29.4 Å². The van der Waals surface area contributed by atoms with Crippen LogP contribution in [0.15, 0.2) is 0 Å². The second-order valence-electron chi connectivity index (χ2n) is 6.12. The molecule has 0 saturated carbocycles. The predicted octanol–water partition coefficient (Wildman–Crippen LogP) is 1.53. The Hall–Kier alpha value is -1.10. The summed E-state index contributed by atoms with van der Waals surface area (Å²) in [5, 5.41) is 5.98. The number of piperidine rings is 1. The summed E-state index contributed by atoms with van der Waals surface area (Å²) in [4.78, 5) is 26.1. The van der Waals surface area contributed by atoms with Crippen molar-refractivity contribution >= 4 is 11.8 Å². The molecule has 1 heterocycles. The van der Waals surface area contributed by atoms with E-state index in [0.29, 0.717) is 13.1 Å². The number of hydrogen-bond acceptors (Lipinski definition) is 3. The van der Waals surface area contributed by atoms with Gasteiger partial charge in [0.1, 0.15) is 0 Å². The minimum atomic E-state index is 0.0250. The Morgan fingerprint density at radius 1 is 1.29 bits per heavy atom. The van der Waals surface area contributed by atoms with Gasteiger partial charge in [-0.15, -0.1) is 0 Å². The molecular weight excluding hydrogens is 266 g/mol. The molecule has 2 unspecified atom stereocenters. The van der Waals surface area contributed by atoms with E-state index in [0.717, 1.165) is 45.2 Å². The van der Waals surface area contributed by atoms with Gasteiger partial charge in [0.25, 0.3) is 0 Å². The van der Waals surface area contributed by atoms with Crippen molar-refractivity contribution in [2.45, 2.75) is 58.9 Å². The Labute approximate surface area is 128 Å². The van der Waals surface area contributed by atoms with Gasteiger partial charge in [-0.3, -0.25) is 14.5 Å². The summed E-state index contributed by atoms with van der Waals surface area (Å²) in [5.74, 6) is 0.240. The molecule has 0 aromatic heterocycles. The van der Waals surface area contributed by atoms with Crippen LogP contribution in [0.1, 0.15) is 52.9 Å². The van der Waals surface area contributed by atoms with Gasteiger partial charge in [0, 0.05) is 19.1 Å².